The third-order valence-electron chi connectivity index (χ3n) is 5.58. The topological polar surface area (TPSA) is 51.1 Å². The summed E-state index contributed by atoms with van der Waals surface area (Å²) in [6.45, 7) is 0. The smallest absolute Gasteiger partial charge is 0.163 e. The van der Waals surface area contributed by atoms with E-state index in [0.717, 1.165) is 39.4 Å². The largest absolute Gasteiger partial charge is 0.497 e. The number of anilines is 1. The van der Waals surface area contributed by atoms with Gasteiger partial charge in [0.1, 0.15) is 11.6 Å². The molecule has 2 bridgehead atoms. The van der Waals surface area contributed by atoms with E-state index in [9.17, 15) is 0 Å². The van der Waals surface area contributed by atoms with Crippen LogP contribution in [0.2, 0.25) is 0 Å². The Kier molecular flexibility index (Phi) is 4.96. The predicted molar refractivity (Wildman–Crippen MR) is 130 cm³/mol. The van der Waals surface area contributed by atoms with Crippen molar-refractivity contribution in [1.29, 1.82) is 0 Å². The summed E-state index contributed by atoms with van der Waals surface area (Å²) < 4.78 is 5.48. The standard InChI is InChI=1S/C26H18N4O.ClH/c1-31-20-10-12-23-22(15-20)26(29-25(28-23)18-8-5-13-27-16-18)30-19-9-11-21(24(30)14-19)17-6-3-2-4-7-17;/h2-16H,1H3;1H. The maximum absolute atomic E-state index is 5.48. The highest BCUT2D eigenvalue weighted by molar-refractivity contribution is 6.00. The van der Waals surface area contributed by atoms with Gasteiger partial charge in [-0.05, 0) is 48.0 Å². The molecule has 0 spiro atoms. The normalized spacial score (nSPS) is 14.0. The van der Waals surface area contributed by atoms with Gasteiger partial charge in [-0.25, -0.2) is 9.97 Å². The summed E-state index contributed by atoms with van der Waals surface area (Å²) in [4.78, 5) is 16.2. The fourth-order valence-electron chi connectivity index (χ4n) is 4.03. The monoisotopic (exact) mass is 438 g/mol. The Morgan fingerprint density at radius 3 is 2.47 bits per heavy atom. The highest BCUT2D eigenvalue weighted by Gasteiger charge is 2.33. The van der Waals surface area contributed by atoms with E-state index in [2.05, 4.69) is 52.4 Å². The molecule has 0 saturated heterocycles. The molecule has 2 aliphatic rings. The number of methoxy groups -OCH3 is 1. The molecule has 32 heavy (non-hydrogen) atoms. The zero-order valence-corrected chi connectivity index (χ0v) is 18.1. The number of halogens is 1. The van der Waals surface area contributed by atoms with Gasteiger partial charge in [0.05, 0.1) is 18.3 Å². The minimum atomic E-state index is 0. The molecule has 0 saturated carbocycles. The first kappa shape index (κ1) is 20.0. The van der Waals surface area contributed by atoms with E-state index in [1.165, 1.54) is 11.1 Å². The number of allylic oxidation sites excluding steroid dienone is 4. The van der Waals surface area contributed by atoms with Crippen LogP contribution in [-0.4, -0.2) is 22.1 Å². The van der Waals surface area contributed by atoms with Crippen molar-refractivity contribution in [3.05, 3.63) is 108 Å². The molecule has 4 aromatic rings. The first-order valence-corrected chi connectivity index (χ1v) is 10.1. The van der Waals surface area contributed by atoms with Gasteiger partial charge in [-0.1, -0.05) is 36.4 Å². The van der Waals surface area contributed by atoms with Gasteiger partial charge < -0.3 is 4.74 Å². The fourth-order valence-corrected chi connectivity index (χ4v) is 4.03. The van der Waals surface area contributed by atoms with E-state index in [1.54, 1.807) is 19.5 Å². The summed E-state index contributed by atoms with van der Waals surface area (Å²) >= 11 is 0. The van der Waals surface area contributed by atoms with Crippen LogP contribution in [-0.2, 0) is 0 Å². The van der Waals surface area contributed by atoms with Gasteiger partial charge in [0, 0.05) is 34.6 Å². The van der Waals surface area contributed by atoms with Crippen LogP contribution in [0.3, 0.4) is 0 Å². The Bertz CT molecular complexity index is 1410. The lowest BCUT2D eigenvalue weighted by atomic mass is 9.91. The van der Waals surface area contributed by atoms with E-state index >= 15 is 0 Å². The van der Waals surface area contributed by atoms with Gasteiger partial charge in [0.25, 0.3) is 0 Å². The Balaban J connectivity index is 0.00000216. The summed E-state index contributed by atoms with van der Waals surface area (Å²) in [7, 11) is 1.67. The molecular weight excluding hydrogens is 420 g/mol. The minimum Gasteiger partial charge on any atom is -0.497 e. The van der Waals surface area contributed by atoms with Crippen LogP contribution in [0.1, 0.15) is 5.56 Å². The third kappa shape index (κ3) is 3.15. The van der Waals surface area contributed by atoms with Crippen LogP contribution in [0.5, 0.6) is 5.75 Å². The fraction of sp³-hybridized carbons (Fsp3) is 0.0385. The Morgan fingerprint density at radius 1 is 0.875 bits per heavy atom. The second-order valence-corrected chi connectivity index (χ2v) is 7.40. The molecule has 6 heteroatoms. The Morgan fingerprint density at radius 2 is 1.72 bits per heavy atom. The van der Waals surface area contributed by atoms with Gasteiger partial charge >= 0.3 is 0 Å². The lowest BCUT2D eigenvalue weighted by Crippen LogP contribution is -2.33. The molecule has 0 radical (unpaired) electrons. The van der Waals surface area contributed by atoms with Gasteiger partial charge in [-0.15, -0.1) is 12.4 Å². The number of hydrogen-bond donors (Lipinski definition) is 0. The van der Waals surface area contributed by atoms with Crippen molar-refractivity contribution in [1.82, 2.24) is 15.0 Å². The second kappa shape index (κ2) is 7.94. The van der Waals surface area contributed by atoms with Crippen LogP contribution in [0, 0.1) is 0 Å². The Hall–Kier alpha value is -3.96. The van der Waals surface area contributed by atoms with Crippen LogP contribution in [0.4, 0.5) is 5.82 Å². The van der Waals surface area contributed by atoms with Crippen molar-refractivity contribution in [2.75, 3.05) is 12.0 Å². The average molecular weight is 439 g/mol. The summed E-state index contributed by atoms with van der Waals surface area (Å²) in [5.41, 5.74) is 6.33. The molecule has 0 atom stereocenters. The van der Waals surface area contributed by atoms with Crippen LogP contribution < -0.4 is 9.64 Å². The van der Waals surface area contributed by atoms with Crippen LogP contribution in [0.15, 0.2) is 103 Å². The third-order valence-corrected chi connectivity index (χ3v) is 5.58. The molecule has 4 heterocycles. The molecule has 0 aliphatic carbocycles. The first-order valence-electron chi connectivity index (χ1n) is 10.1. The first-order chi connectivity index (χ1) is 15.3. The molecule has 2 aliphatic heterocycles. The van der Waals surface area contributed by atoms with E-state index in [0.29, 0.717) is 5.82 Å². The quantitative estimate of drug-likeness (QED) is 0.402. The predicted octanol–water partition coefficient (Wildman–Crippen LogP) is 5.81. The number of pyridine rings is 1. The summed E-state index contributed by atoms with van der Waals surface area (Å²) in [6.07, 6.45) is 10.0. The summed E-state index contributed by atoms with van der Waals surface area (Å²) in [5, 5.41) is 0.942. The van der Waals surface area contributed by atoms with Gasteiger partial charge in [-0.2, -0.15) is 0 Å². The van der Waals surface area contributed by atoms with E-state index in [4.69, 9.17) is 14.7 Å². The molecule has 2 aromatic heterocycles. The molecule has 5 nitrogen and oxygen atoms in total. The highest BCUT2D eigenvalue weighted by Crippen LogP contribution is 2.45. The molecule has 0 fully saturated rings. The zero-order chi connectivity index (χ0) is 20.8. The van der Waals surface area contributed by atoms with Gasteiger partial charge in [-0.3, -0.25) is 9.88 Å². The number of benzene rings is 2. The van der Waals surface area contributed by atoms with Crippen LogP contribution in [0.25, 0.3) is 27.9 Å². The zero-order valence-electron chi connectivity index (χ0n) is 17.3. The average Bonchev–Trinajstić information content (AvgIpc) is 2.84. The van der Waals surface area contributed by atoms with Crippen molar-refractivity contribution < 1.29 is 4.74 Å². The van der Waals surface area contributed by atoms with Crippen molar-refractivity contribution >= 4 is 34.7 Å². The molecule has 156 valence electrons. The van der Waals surface area contributed by atoms with Crippen molar-refractivity contribution in [2.24, 2.45) is 0 Å². The molecule has 2 aromatic carbocycles. The number of hydrogen-bond acceptors (Lipinski definition) is 5. The molecule has 0 unspecified atom stereocenters. The second-order valence-electron chi connectivity index (χ2n) is 7.40. The molecular formula is C26H19ClN4O. The minimum absolute atomic E-state index is 0. The van der Waals surface area contributed by atoms with Crippen LogP contribution >= 0.6 is 12.4 Å². The summed E-state index contributed by atoms with van der Waals surface area (Å²) in [5.74, 6) is 2.27. The maximum atomic E-state index is 5.48. The van der Waals surface area contributed by atoms with E-state index < -0.39 is 0 Å². The number of aromatic nitrogens is 3. The van der Waals surface area contributed by atoms with Crippen molar-refractivity contribution in [3.63, 3.8) is 0 Å². The molecule has 6 rings (SSSR count). The molecule has 0 amide bonds. The highest BCUT2D eigenvalue weighted by atomic mass is 35.5. The Labute approximate surface area is 191 Å². The van der Waals surface area contributed by atoms with Gasteiger partial charge in [0.15, 0.2) is 5.82 Å². The number of rotatable bonds is 4. The van der Waals surface area contributed by atoms with E-state index in [1.807, 2.05) is 36.4 Å². The summed E-state index contributed by atoms with van der Waals surface area (Å²) in [6, 6.07) is 20.2. The van der Waals surface area contributed by atoms with Gasteiger partial charge in [0.2, 0.25) is 0 Å². The molecule has 0 N–H and O–H groups in total. The number of fused-ring (bicyclic) bond motifs is 3. The number of nitrogens with zero attached hydrogens (tertiary/aromatic N) is 4. The van der Waals surface area contributed by atoms with Crippen molar-refractivity contribution in [3.8, 4) is 17.1 Å². The lowest BCUT2D eigenvalue weighted by molar-refractivity contribution is 0.415. The lowest BCUT2D eigenvalue weighted by Gasteiger charge is -2.39. The number of ether oxygens (including phenoxy) is 1. The van der Waals surface area contributed by atoms with E-state index in [-0.39, 0.29) is 12.4 Å². The maximum Gasteiger partial charge on any atom is 0.163 e. The SMILES string of the molecule is COc1ccc2nc(-c3cccnc3)nc(N3c4ccc(-c5ccccc5)c3c4)c2c1.Cl. The van der Waals surface area contributed by atoms with Crippen molar-refractivity contribution in [2.45, 2.75) is 0 Å².